The van der Waals surface area contributed by atoms with Crippen LogP contribution in [0.4, 0.5) is 10.2 Å². The zero-order chi connectivity index (χ0) is 17.4. The first-order chi connectivity index (χ1) is 12.1. The van der Waals surface area contributed by atoms with E-state index < -0.39 is 11.5 Å². The van der Waals surface area contributed by atoms with Crippen LogP contribution in [0.2, 0.25) is 5.02 Å². The van der Waals surface area contributed by atoms with Crippen LogP contribution in [0.25, 0.3) is 11.4 Å². The van der Waals surface area contributed by atoms with Crippen molar-refractivity contribution in [3.8, 4) is 11.4 Å². The highest BCUT2D eigenvalue weighted by Gasteiger charge is 2.43. The summed E-state index contributed by atoms with van der Waals surface area (Å²) in [5.41, 5.74) is 0.00549. The molecular formula is C17H19ClFN5O. The van der Waals surface area contributed by atoms with Crippen LogP contribution in [0.3, 0.4) is 0 Å². The van der Waals surface area contributed by atoms with E-state index in [0.717, 1.165) is 45.3 Å². The lowest BCUT2D eigenvalue weighted by molar-refractivity contribution is 0.314. The largest absolute Gasteiger partial charge is 0.348 e. The second-order valence-corrected chi connectivity index (χ2v) is 7.06. The molecule has 0 radical (unpaired) electrons. The van der Waals surface area contributed by atoms with Gasteiger partial charge >= 0.3 is 0 Å². The maximum atomic E-state index is 13.4. The molecule has 2 aliphatic heterocycles. The number of nitrogens with one attached hydrogen (secondary N) is 2. The third-order valence-corrected chi connectivity index (χ3v) is 5.49. The fraction of sp³-hybridized carbons (Fsp3) is 0.471. The number of H-pyrrole nitrogens is 1. The van der Waals surface area contributed by atoms with Gasteiger partial charge in [0.1, 0.15) is 10.8 Å². The Hall–Kier alpha value is -1.99. The Bertz CT molecular complexity index is 849. The summed E-state index contributed by atoms with van der Waals surface area (Å²) in [5, 5.41) is 3.54. The molecule has 0 aliphatic carbocycles. The van der Waals surface area contributed by atoms with E-state index in [2.05, 4.69) is 25.2 Å². The number of anilines is 1. The van der Waals surface area contributed by atoms with Crippen molar-refractivity contribution in [2.24, 2.45) is 0 Å². The molecule has 0 saturated carbocycles. The van der Waals surface area contributed by atoms with Crippen LogP contribution in [0, 0.1) is 5.95 Å². The number of aromatic amines is 1. The van der Waals surface area contributed by atoms with Crippen LogP contribution in [-0.4, -0.2) is 40.1 Å². The van der Waals surface area contributed by atoms with Gasteiger partial charge in [-0.2, -0.15) is 4.39 Å². The zero-order valence-corrected chi connectivity index (χ0v) is 14.4. The monoisotopic (exact) mass is 363 g/mol. The molecule has 1 unspecified atom stereocenters. The van der Waals surface area contributed by atoms with Crippen molar-refractivity contribution in [3.63, 3.8) is 0 Å². The van der Waals surface area contributed by atoms with Gasteiger partial charge in [0.2, 0.25) is 5.95 Å². The first-order valence-corrected chi connectivity index (χ1v) is 8.87. The molecule has 25 heavy (non-hydrogen) atoms. The SMILES string of the molecule is O=c1[nH]c(-c2ccnc(F)c2)nc(N2CCCC23CCCNC3)c1Cl. The fourth-order valence-corrected chi connectivity index (χ4v) is 4.17. The van der Waals surface area contributed by atoms with Gasteiger partial charge in [0.15, 0.2) is 5.82 Å². The molecule has 2 N–H and O–H groups in total. The van der Waals surface area contributed by atoms with Crippen molar-refractivity contribution >= 4 is 17.4 Å². The Balaban J connectivity index is 1.80. The fourth-order valence-electron chi connectivity index (χ4n) is 3.98. The van der Waals surface area contributed by atoms with Gasteiger partial charge in [-0.15, -0.1) is 0 Å². The van der Waals surface area contributed by atoms with E-state index in [4.69, 9.17) is 11.6 Å². The second kappa shape index (κ2) is 6.38. The smallest absolute Gasteiger partial charge is 0.272 e. The molecule has 2 aromatic rings. The Morgan fingerprint density at radius 3 is 2.92 bits per heavy atom. The zero-order valence-electron chi connectivity index (χ0n) is 13.7. The summed E-state index contributed by atoms with van der Waals surface area (Å²) in [6, 6.07) is 2.86. The van der Waals surface area contributed by atoms with Gasteiger partial charge in [0.25, 0.3) is 5.56 Å². The van der Waals surface area contributed by atoms with Crippen molar-refractivity contribution in [3.05, 3.63) is 39.7 Å². The average molecular weight is 364 g/mol. The highest BCUT2D eigenvalue weighted by atomic mass is 35.5. The Morgan fingerprint density at radius 1 is 1.32 bits per heavy atom. The maximum absolute atomic E-state index is 13.4. The number of halogens is 2. The molecular weight excluding hydrogens is 345 g/mol. The summed E-state index contributed by atoms with van der Waals surface area (Å²) in [7, 11) is 0. The minimum Gasteiger partial charge on any atom is -0.348 e. The van der Waals surface area contributed by atoms with E-state index in [1.54, 1.807) is 6.07 Å². The summed E-state index contributed by atoms with van der Waals surface area (Å²) >= 11 is 6.31. The van der Waals surface area contributed by atoms with E-state index in [-0.39, 0.29) is 10.6 Å². The highest BCUT2D eigenvalue weighted by Crippen LogP contribution is 2.39. The van der Waals surface area contributed by atoms with Gasteiger partial charge in [0.05, 0.1) is 5.54 Å². The topological polar surface area (TPSA) is 73.9 Å². The van der Waals surface area contributed by atoms with Gasteiger partial charge in [-0.25, -0.2) is 9.97 Å². The standard InChI is InChI=1S/C17H19ClFN5O/c18-13-15(24-8-2-5-17(24)4-1-6-20-10-17)22-14(23-16(13)25)11-3-7-21-12(19)9-11/h3,7,9,20H,1-2,4-6,8,10H2,(H,22,23,25). The minimum absolute atomic E-state index is 0.0521. The number of aromatic nitrogens is 3. The molecule has 8 heteroatoms. The molecule has 132 valence electrons. The molecule has 0 amide bonds. The molecule has 4 heterocycles. The van der Waals surface area contributed by atoms with E-state index in [1.165, 1.54) is 12.3 Å². The molecule has 0 bridgehead atoms. The molecule has 1 atom stereocenters. The van der Waals surface area contributed by atoms with Crippen LogP contribution in [-0.2, 0) is 0 Å². The molecule has 2 saturated heterocycles. The lowest BCUT2D eigenvalue weighted by atomic mass is 9.87. The molecule has 2 fully saturated rings. The first kappa shape index (κ1) is 16.5. The van der Waals surface area contributed by atoms with E-state index in [9.17, 15) is 9.18 Å². The Morgan fingerprint density at radius 2 is 2.16 bits per heavy atom. The summed E-state index contributed by atoms with van der Waals surface area (Å²) in [5.74, 6) is 0.168. The van der Waals surface area contributed by atoms with Gasteiger partial charge in [-0.05, 0) is 38.3 Å². The van der Waals surface area contributed by atoms with Crippen molar-refractivity contribution in [2.75, 3.05) is 24.5 Å². The average Bonchev–Trinajstić information content (AvgIpc) is 3.00. The molecule has 2 aliphatic rings. The number of pyridine rings is 1. The van der Waals surface area contributed by atoms with Crippen LogP contribution in [0.15, 0.2) is 23.1 Å². The van der Waals surface area contributed by atoms with Crippen LogP contribution in [0.1, 0.15) is 25.7 Å². The second-order valence-electron chi connectivity index (χ2n) is 6.68. The number of hydrogen-bond acceptors (Lipinski definition) is 5. The number of piperidine rings is 1. The van der Waals surface area contributed by atoms with E-state index >= 15 is 0 Å². The van der Waals surface area contributed by atoms with Crippen molar-refractivity contribution in [1.29, 1.82) is 0 Å². The summed E-state index contributed by atoms with van der Waals surface area (Å²) < 4.78 is 13.4. The number of rotatable bonds is 2. The number of nitrogens with zero attached hydrogens (tertiary/aromatic N) is 3. The van der Waals surface area contributed by atoms with Gasteiger partial charge in [-0.3, -0.25) is 4.79 Å². The van der Waals surface area contributed by atoms with Crippen LogP contribution in [0.5, 0.6) is 0 Å². The predicted octanol–water partition coefficient (Wildman–Crippen LogP) is 2.35. The summed E-state index contributed by atoms with van der Waals surface area (Å²) in [6.45, 7) is 2.67. The van der Waals surface area contributed by atoms with Gasteiger partial charge in [0, 0.05) is 30.9 Å². The number of hydrogen-bond donors (Lipinski definition) is 2. The quantitative estimate of drug-likeness (QED) is 0.801. The van der Waals surface area contributed by atoms with Crippen LogP contribution < -0.4 is 15.8 Å². The summed E-state index contributed by atoms with van der Waals surface area (Å²) in [4.78, 5) is 25.3. The maximum Gasteiger partial charge on any atom is 0.272 e. The molecule has 2 aromatic heterocycles. The van der Waals surface area contributed by atoms with Crippen molar-refractivity contribution in [2.45, 2.75) is 31.2 Å². The normalized spacial score (nSPS) is 23.4. The molecule has 0 aromatic carbocycles. The minimum atomic E-state index is -0.620. The van der Waals surface area contributed by atoms with E-state index in [0.29, 0.717) is 17.2 Å². The Kier molecular flexibility index (Phi) is 4.21. The molecule has 6 nitrogen and oxygen atoms in total. The predicted molar refractivity (Wildman–Crippen MR) is 94.5 cm³/mol. The lowest BCUT2D eigenvalue weighted by Crippen LogP contribution is -2.55. The first-order valence-electron chi connectivity index (χ1n) is 8.49. The van der Waals surface area contributed by atoms with Gasteiger partial charge < -0.3 is 15.2 Å². The third-order valence-electron chi connectivity index (χ3n) is 5.15. The molecule has 1 spiro atoms. The van der Waals surface area contributed by atoms with Crippen molar-refractivity contribution < 1.29 is 4.39 Å². The summed E-state index contributed by atoms with van der Waals surface area (Å²) in [6.07, 6.45) is 5.56. The van der Waals surface area contributed by atoms with Gasteiger partial charge in [-0.1, -0.05) is 11.6 Å². The molecule has 4 rings (SSSR count). The Labute approximate surface area is 149 Å². The third kappa shape index (κ3) is 2.91. The van der Waals surface area contributed by atoms with Crippen molar-refractivity contribution in [1.82, 2.24) is 20.3 Å². The van der Waals surface area contributed by atoms with E-state index in [1.807, 2.05) is 0 Å². The lowest BCUT2D eigenvalue weighted by Gasteiger charge is -2.42. The van der Waals surface area contributed by atoms with Crippen LogP contribution >= 0.6 is 11.6 Å². The highest BCUT2D eigenvalue weighted by molar-refractivity contribution is 6.32.